The van der Waals surface area contributed by atoms with Crippen LogP contribution >= 0.6 is 0 Å². The van der Waals surface area contributed by atoms with E-state index in [1.54, 1.807) is 12.1 Å². The lowest BCUT2D eigenvalue weighted by Gasteiger charge is -2.23. The van der Waals surface area contributed by atoms with Gasteiger partial charge < -0.3 is 19.5 Å². The maximum absolute atomic E-state index is 9.21. The van der Waals surface area contributed by atoms with E-state index in [1.165, 1.54) is 0 Å². The summed E-state index contributed by atoms with van der Waals surface area (Å²) >= 11 is 0. The van der Waals surface area contributed by atoms with Gasteiger partial charge in [-0.15, -0.1) is 0 Å². The Hall–Kier alpha value is -1.26. The molecule has 0 aliphatic rings. The van der Waals surface area contributed by atoms with Gasteiger partial charge in [-0.2, -0.15) is 0 Å². The van der Waals surface area contributed by atoms with Crippen LogP contribution in [0.5, 0.6) is 5.75 Å². The second-order valence-corrected chi connectivity index (χ2v) is 3.30. The first-order valence-corrected chi connectivity index (χ1v) is 5.47. The molecule has 4 heteroatoms. The maximum Gasteiger partial charge on any atom is 0.120 e. The molecule has 0 aliphatic carbocycles. The van der Waals surface area contributed by atoms with Crippen LogP contribution in [0.3, 0.4) is 0 Å². The quantitative estimate of drug-likeness (QED) is 0.722. The largest absolute Gasteiger partial charge is 0.508 e. The molecule has 4 nitrogen and oxygen atoms in total. The van der Waals surface area contributed by atoms with Gasteiger partial charge in [-0.1, -0.05) is 0 Å². The molecular weight excluding hydrogens is 206 g/mol. The van der Waals surface area contributed by atoms with Gasteiger partial charge in [0.25, 0.3) is 0 Å². The lowest BCUT2D eigenvalue weighted by atomic mass is 10.3. The Morgan fingerprint density at radius 3 is 1.94 bits per heavy atom. The summed E-state index contributed by atoms with van der Waals surface area (Å²) in [6.45, 7) is 6.22. The van der Waals surface area contributed by atoms with Crippen molar-refractivity contribution in [3.05, 3.63) is 24.3 Å². The summed E-state index contributed by atoms with van der Waals surface area (Å²) in [4.78, 5) is 1.96. The van der Waals surface area contributed by atoms with E-state index in [2.05, 4.69) is 0 Å². The molecule has 16 heavy (non-hydrogen) atoms. The zero-order valence-electron chi connectivity index (χ0n) is 9.85. The number of nitrogens with zero attached hydrogens (tertiary/aromatic N) is 1. The summed E-state index contributed by atoms with van der Waals surface area (Å²) in [5.41, 5.74) is 0.972. The predicted molar refractivity (Wildman–Crippen MR) is 63.6 cm³/mol. The molecule has 1 aromatic carbocycles. The van der Waals surface area contributed by atoms with Crippen LogP contribution in [0.4, 0.5) is 5.69 Å². The van der Waals surface area contributed by atoms with Crippen LogP contribution in [0.15, 0.2) is 24.3 Å². The molecular formula is C12H19NO3. The molecule has 0 fully saturated rings. The van der Waals surface area contributed by atoms with E-state index >= 15 is 0 Å². The molecule has 1 N–H and O–H groups in total. The van der Waals surface area contributed by atoms with E-state index in [-0.39, 0.29) is 5.75 Å². The maximum atomic E-state index is 9.21. The SMILES string of the molecule is CCOCN(COCC)c1ccc(O)cc1. The van der Waals surface area contributed by atoms with Crippen molar-refractivity contribution in [3.8, 4) is 5.75 Å². The third-order valence-corrected chi connectivity index (χ3v) is 2.12. The first-order chi connectivity index (χ1) is 7.77. The lowest BCUT2D eigenvalue weighted by molar-refractivity contribution is 0.0959. The zero-order valence-corrected chi connectivity index (χ0v) is 9.85. The van der Waals surface area contributed by atoms with Gasteiger partial charge in [0.2, 0.25) is 0 Å². The summed E-state index contributed by atoms with van der Waals surface area (Å²) in [5, 5.41) is 9.21. The van der Waals surface area contributed by atoms with Crippen molar-refractivity contribution in [1.82, 2.24) is 0 Å². The summed E-state index contributed by atoms with van der Waals surface area (Å²) in [7, 11) is 0. The van der Waals surface area contributed by atoms with Gasteiger partial charge in [-0.3, -0.25) is 0 Å². The predicted octanol–water partition coefficient (Wildman–Crippen LogP) is 2.19. The monoisotopic (exact) mass is 225 g/mol. The number of benzene rings is 1. The van der Waals surface area contributed by atoms with Gasteiger partial charge in [0.1, 0.15) is 19.2 Å². The third kappa shape index (κ3) is 4.08. The van der Waals surface area contributed by atoms with Gasteiger partial charge in [0.05, 0.1) is 0 Å². The Bertz CT molecular complexity index is 279. The fourth-order valence-corrected chi connectivity index (χ4v) is 1.25. The summed E-state index contributed by atoms with van der Waals surface area (Å²) in [6.07, 6.45) is 0. The van der Waals surface area contributed by atoms with Crippen LogP contribution in [-0.4, -0.2) is 31.8 Å². The number of hydrogen-bond acceptors (Lipinski definition) is 4. The molecule has 90 valence electrons. The van der Waals surface area contributed by atoms with Crippen LogP contribution in [-0.2, 0) is 9.47 Å². The first-order valence-electron chi connectivity index (χ1n) is 5.47. The molecule has 0 spiro atoms. The lowest BCUT2D eigenvalue weighted by Crippen LogP contribution is -2.28. The second kappa shape index (κ2) is 7.09. The molecule has 0 aromatic heterocycles. The Morgan fingerprint density at radius 2 is 1.50 bits per heavy atom. The Labute approximate surface area is 96.4 Å². The van der Waals surface area contributed by atoms with Crippen LogP contribution in [0.25, 0.3) is 0 Å². The number of ether oxygens (including phenoxy) is 2. The Kier molecular flexibility index (Phi) is 5.67. The van der Waals surface area contributed by atoms with E-state index in [4.69, 9.17) is 9.47 Å². The minimum absolute atomic E-state index is 0.261. The van der Waals surface area contributed by atoms with Crippen molar-refractivity contribution < 1.29 is 14.6 Å². The first kappa shape index (κ1) is 12.8. The highest BCUT2D eigenvalue weighted by Gasteiger charge is 2.05. The number of rotatable bonds is 7. The number of phenols is 1. The fourth-order valence-electron chi connectivity index (χ4n) is 1.25. The minimum Gasteiger partial charge on any atom is -0.508 e. The molecule has 0 amide bonds. The summed E-state index contributed by atoms with van der Waals surface area (Å²) in [5.74, 6) is 0.261. The van der Waals surface area contributed by atoms with E-state index in [1.807, 2.05) is 30.9 Å². The highest BCUT2D eigenvalue weighted by atomic mass is 16.5. The Morgan fingerprint density at radius 1 is 1.00 bits per heavy atom. The van der Waals surface area contributed by atoms with E-state index in [9.17, 15) is 5.11 Å². The Balaban J connectivity index is 2.62. The molecule has 0 saturated heterocycles. The summed E-state index contributed by atoms with van der Waals surface area (Å²) in [6, 6.07) is 6.99. The van der Waals surface area contributed by atoms with Crippen LogP contribution in [0, 0.1) is 0 Å². The van der Waals surface area contributed by atoms with Crippen LogP contribution in [0.1, 0.15) is 13.8 Å². The average Bonchev–Trinajstić information content (AvgIpc) is 2.31. The second-order valence-electron chi connectivity index (χ2n) is 3.30. The third-order valence-electron chi connectivity index (χ3n) is 2.12. The van der Waals surface area contributed by atoms with Crippen molar-refractivity contribution in [2.24, 2.45) is 0 Å². The minimum atomic E-state index is 0.261. The zero-order chi connectivity index (χ0) is 11.8. The van der Waals surface area contributed by atoms with Crippen molar-refractivity contribution in [2.75, 3.05) is 31.6 Å². The topological polar surface area (TPSA) is 41.9 Å². The molecule has 0 unspecified atom stereocenters. The van der Waals surface area contributed by atoms with Crippen LogP contribution < -0.4 is 4.90 Å². The number of phenolic OH excluding ortho intramolecular Hbond substituents is 1. The molecule has 0 atom stereocenters. The molecule has 0 aliphatic heterocycles. The number of anilines is 1. The summed E-state index contributed by atoms with van der Waals surface area (Å²) < 4.78 is 10.7. The smallest absolute Gasteiger partial charge is 0.120 e. The van der Waals surface area contributed by atoms with Crippen molar-refractivity contribution in [3.63, 3.8) is 0 Å². The highest BCUT2D eigenvalue weighted by Crippen LogP contribution is 2.18. The van der Waals surface area contributed by atoms with Crippen molar-refractivity contribution in [1.29, 1.82) is 0 Å². The number of hydrogen-bond donors (Lipinski definition) is 1. The number of aromatic hydroxyl groups is 1. The van der Waals surface area contributed by atoms with Gasteiger partial charge in [0, 0.05) is 18.9 Å². The fraction of sp³-hybridized carbons (Fsp3) is 0.500. The van der Waals surface area contributed by atoms with Crippen molar-refractivity contribution in [2.45, 2.75) is 13.8 Å². The molecule has 0 heterocycles. The van der Waals surface area contributed by atoms with E-state index in [0.717, 1.165) is 5.69 Å². The standard InChI is InChI=1S/C12H19NO3/c1-3-15-9-13(10-16-4-2)11-5-7-12(14)8-6-11/h5-8,14H,3-4,9-10H2,1-2H3. The van der Waals surface area contributed by atoms with E-state index < -0.39 is 0 Å². The van der Waals surface area contributed by atoms with Crippen LogP contribution in [0.2, 0.25) is 0 Å². The average molecular weight is 225 g/mol. The van der Waals surface area contributed by atoms with Gasteiger partial charge in [-0.05, 0) is 38.1 Å². The van der Waals surface area contributed by atoms with E-state index in [0.29, 0.717) is 26.7 Å². The highest BCUT2D eigenvalue weighted by molar-refractivity contribution is 5.48. The normalized spacial score (nSPS) is 10.4. The molecule has 1 rings (SSSR count). The molecule has 0 radical (unpaired) electrons. The van der Waals surface area contributed by atoms with Gasteiger partial charge in [0.15, 0.2) is 0 Å². The molecule has 0 bridgehead atoms. The molecule has 0 saturated carbocycles. The van der Waals surface area contributed by atoms with Gasteiger partial charge in [-0.25, -0.2) is 0 Å². The molecule has 1 aromatic rings. The van der Waals surface area contributed by atoms with Gasteiger partial charge >= 0.3 is 0 Å². The van der Waals surface area contributed by atoms with Crippen molar-refractivity contribution >= 4 is 5.69 Å².